The van der Waals surface area contributed by atoms with E-state index in [1.807, 2.05) is 6.08 Å². The van der Waals surface area contributed by atoms with E-state index in [2.05, 4.69) is 75.0 Å². The Hall–Kier alpha value is -3.00. The van der Waals surface area contributed by atoms with Gasteiger partial charge in [0.25, 0.3) is 0 Å². The zero-order valence-corrected chi connectivity index (χ0v) is 24.9. The Labute approximate surface area is 242 Å². The molecule has 2 bridgehead atoms. The molecule has 2 heteroatoms. The topological polar surface area (TPSA) is 18.5 Å². The van der Waals surface area contributed by atoms with Crippen LogP contribution >= 0.6 is 0 Å². The molecule has 0 spiro atoms. The van der Waals surface area contributed by atoms with Crippen molar-refractivity contribution in [3.05, 3.63) is 100 Å². The van der Waals surface area contributed by atoms with Crippen molar-refractivity contribution < 1.29 is 9.47 Å². The maximum Gasteiger partial charge on any atom is 0.124 e. The van der Waals surface area contributed by atoms with Crippen LogP contribution in [0, 0.1) is 0 Å². The van der Waals surface area contributed by atoms with Gasteiger partial charge in [-0.1, -0.05) is 133 Å². The summed E-state index contributed by atoms with van der Waals surface area (Å²) in [6, 6.07) is 20.1. The molecule has 0 aromatic heterocycles. The Kier molecular flexibility index (Phi) is 10.0. The molecule has 0 N–H and O–H groups in total. The summed E-state index contributed by atoms with van der Waals surface area (Å²) >= 11 is 0. The van der Waals surface area contributed by atoms with Gasteiger partial charge in [-0.25, -0.2) is 0 Å². The van der Waals surface area contributed by atoms with Crippen LogP contribution in [0.3, 0.4) is 0 Å². The van der Waals surface area contributed by atoms with E-state index in [0.717, 1.165) is 37.6 Å². The minimum atomic E-state index is 0.137. The Morgan fingerprint density at radius 2 is 1.05 bits per heavy atom. The van der Waals surface area contributed by atoms with E-state index < -0.39 is 0 Å². The third-order valence-corrected chi connectivity index (χ3v) is 8.91. The van der Waals surface area contributed by atoms with E-state index in [9.17, 15) is 0 Å². The van der Waals surface area contributed by atoms with Crippen molar-refractivity contribution in [2.75, 3.05) is 13.2 Å². The van der Waals surface area contributed by atoms with Crippen LogP contribution in [0.4, 0.5) is 0 Å². The number of ether oxygens (including phenoxy) is 2. The fourth-order valence-corrected chi connectivity index (χ4v) is 6.91. The zero-order chi connectivity index (χ0) is 27.7. The average molecular weight is 537 g/mol. The molecule has 0 aliphatic heterocycles. The van der Waals surface area contributed by atoms with Crippen LogP contribution in [0.25, 0.3) is 6.08 Å². The van der Waals surface area contributed by atoms with Gasteiger partial charge in [0.2, 0.25) is 0 Å². The minimum absolute atomic E-state index is 0.137. The number of hydrogen-bond acceptors (Lipinski definition) is 2. The predicted molar refractivity (Wildman–Crippen MR) is 169 cm³/mol. The fraction of sp³-hybridized carbons (Fsp3) is 0.474. The lowest BCUT2D eigenvalue weighted by molar-refractivity contribution is 0.289. The Morgan fingerprint density at radius 1 is 0.550 bits per heavy atom. The first-order valence-electron chi connectivity index (χ1n) is 16.1. The highest BCUT2D eigenvalue weighted by Gasteiger charge is 2.45. The fourth-order valence-electron chi connectivity index (χ4n) is 6.91. The SMILES string of the molecule is C=Cc1cccc2c1C1c3ccccc3C2c2c(OCCCCCCCC)ccc(OCCCCCCCC)c21. The predicted octanol–water partition coefficient (Wildman–Crippen LogP) is 10.8. The highest BCUT2D eigenvalue weighted by atomic mass is 16.5. The third-order valence-electron chi connectivity index (χ3n) is 8.91. The van der Waals surface area contributed by atoms with Crippen molar-refractivity contribution in [3.8, 4) is 11.5 Å². The molecule has 6 rings (SSSR count). The van der Waals surface area contributed by atoms with Crippen molar-refractivity contribution in [2.45, 2.75) is 103 Å². The lowest BCUT2D eigenvalue weighted by Gasteiger charge is -2.44. The summed E-state index contributed by atoms with van der Waals surface area (Å²) in [4.78, 5) is 0. The largest absolute Gasteiger partial charge is 0.493 e. The maximum absolute atomic E-state index is 6.62. The van der Waals surface area contributed by atoms with Gasteiger partial charge in [0, 0.05) is 23.0 Å². The molecular weight excluding hydrogens is 488 g/mol. The summed E-state index contributed by atoms with van der Waals surface area (Å²) in [7, 11) is 0. The van der Waals surface area contributed by atoms with E-state index >= 15 is 0 Å². The van der Waals surface area contributed by atoms with E-state index in [0.29, 0.717) is 0 Å². The zero-order valence-electron chi connectivity index (χ0n) is 24.9. The van der Waals surface area contributed by atoms with E-state index in [1.165, 1.54) is 103 Å². The van der Waals surface area contributed by atoms with Crippen molar-refractivity contribution in [2.24, 2.45) is 0 Å². The van der Waals surface area contributed by atoms with E-state index in [4.69, 9.17) is 9.47 Å². The molecule has 3 aliphatic carbocycles. The standard InChI is InChI=1S/C38H48O2/c1-4-7-9-11-13-17-26-39-32-24-25-33(40-27-18-14-12-10-8-5-2)38-36-30-22-16-15-21-29(30)35(37(32)38)31-23-19-20-28(6-3)34(31)36/h6,15-16,19-25,35-36H,3-5,7-14,17-18,26-27H2,1-2H3. The quantitative estimate of drug-likeness (QED) is 0.110. The molecule has 0 saturated carbocycles. The Balaban J connectivity index is 1.46. The number of benzene rings is 3. The van der Waals surface area contributed by atoms with Gasteiger partial charge >= 0.3 is 0 Å². The summed E-state index contributed by atoms with van der Waals surface area (Å²) in [6.07, 6.45) is 17.2. The molecule has 3 aromatic carbocycles. The van der Waals surface area contributed by atoms with Crippen LogP contribution in [-0.2, 0) is 0 Å². The molecule has 2 atom stereocenters. The number of unbranched alkanes of at least 4 members (excludes halogenated alkanes) is 10. The normalized spacial score (nSPS) is 16.2. The molecule has 2 nitrogen and oxygen atoms in total. The summed E-state index contributed by atoms with van der Waals surface area (Å²) < 4.78 is 13.2. The molecule has 0 fully saturated rings. The van der Waals surface area contributed by atoms with Crippen LogP contribution in [0.5, 0.6) is 11.5 Å². The van der Waals surface area contributed by atoms with E-state index in [-0.39, 0.29) is 11.8 Å². The lowest BCUT2D eigenvalue weighted by atomic mass is 9.60. The maximum atomic E-state index is 6.62. The number of rotatable bonds is 17. The monoisotopic (exact) mass is 536 g/mol. The molecule has 40 heavy (non-hydrogen) atoms. The first-order valence-corrected chi connectivity index (χ1v) is 16.1. The van der Waals surface area contributed by atoms with Gasteiger partial charge in [0.1, 0.15) is 11.5 Å². The molecule has 0 heterocycles. The van der Waals surface area contributed by atoms with E-state index in [1.54, 1.807) is 0 Å². The lowest BCUT2D eigenvalue weighted by Crippen LogP contribution is -2.29. The Bertz CT molecular complexity index is 1270. The molecule has 0 saturated heterocycles. The van der Waals surface area contributed by atoms with Crippen LogP contribution in [-0.4, -0.2) is 13.2 Å². The molecule has 3 aliphatic rings. The summed E-state index contributed by atoms with van der Waals surface area (Å²) in [5, 5.41) is 0. The van der Waals surface area contributed by atoms with Gasteiger partial charge in [-0.3, -0.25) is 0 Å². The molecule has 0 radical (unpaired) electrons. The molecule has 3 aromatic rings. The van der Waals surface area contributed by atoms with Crippen LogP contribution in [0.2, 0.25) is 0 Å². The third kappa shape index (κ3) is 5.87. The smallest absolute Gasteiger partial charge is 0.124 e. The second-order valence-corrected chi connectivity index (χ2v) is 11.7. The first kappa shape index (κ1) is 28.5. The molecular formula is C38H48O2. The second-order valence-electron chi connectivity index (χ2n) is 11.7. The number of hydrogen-bond donors (Lipinski definition) is 0. The van der Waals surface area contributed by atoms with Crippen molar-refractivity contribution in [1.29, 1.82) is 0 Å². The molecule has 2 unspecified atom stereocenters. The van der Waals surface area contributed by atoms with Crippen molar-refractivity contribution in [3.63, 3.8) is 0 Å². The van der Waals surface area contributed by atoms with Gasteiger partial charge in [-0.2, -0.15) is 0 Å². The van der Waals surface area contributed by atoms with Crippen LogP contribution in [0.1, 0.15) is 142 Å². The average Bonchev–Trinajstić information content (AvgIpc) is 3.00. The minimum Gasteiger partial charge on any atom is -0.493 e. The molecule has 0 amide bonds. The second kappa shape index (κ2) is 14.1. The van der Waals surface area contributed by atoms with Crippen molar-refractivity contribution >= 4 is 6.08 Å². The van der Waals surface area contributed by atoms with Crippen LogP contribution in [0.15, 0.2) is 61.2 Å². The highest BCUT2D eigenvalue weighted by Crippen LogP contribution is 2.60. The van der Waals surface area contributed by atoms with Gasteiger partial charge in [0.15, 0.2) is 0 Å². The van der Waals surface area contributed by atoms with Gasteiger partial charge < -0.3 is 9.47 Å². The highest BCUT2D eigenvalue weighted by molar-refractivity contribution is 5.76. The summed E-state index contributed by atoms with van der Waals surface area (Å²) in [5.41, 5.74) is 9.47. The summed E-state index contributed by atoms with van der Waals surface area (Å²) in [6.45, 7) is 10.3. The summed E-state index contributed by atoms with van der Waals surface area (Å²) in [5.74, 6) is 2.36. The van der Waals surface area contributed by atoms with Gasteiger partial charge in [-0.15, -0.1) is 0 Å². The van der Waals surface area contributed by atoms with Gasteiger partial charge in [-0.05, 0) is 52.8 Å². The first-order chi connectivity index (χ1) is 19.8. The van der Waals surface area contributed by atoms with Gasteiger partial charge in [0.05, 0.1) is 13.2 Å². The molecule has 212 valence electrons. The Morgan fingerprint density at radius 3 is 1.62 bits per heavy atom. The van der Waals surface area contributed by atoms with Crippen LogP contribution < -0.4 is 9.47 Å². The van der Waals surface area contributed by atoms with Crippen molar-refractivity contribution in [1.82, 2.24) is 0 Å².